The van der Waals surface area contributed by atoms with E-state index < -0.39 is 0 Å². The Bertz CT molecular complexity index is 248. The molecule has 1 aliphatic heterocycles. The highest BCUT2D eigenvalue weighted by atomic mass is 16.5. The molecule has 94 valence electrons. The maximum absolute atomic E-state index is 12.0. The van der Waals surface area contributed by atoms with Crippen molar-refractivity contribution >= 4 is 5.91 Å². The van der Waals surface area contributed by atoms with E-state index in [-0.39, 0.29) is 24.2 Å². The van der Waals surface area contributed by atoms with Gasteiger partial charge in [0.05, 0.1) is 5.60 Å². The van der Waals surface area contributed by atoms with Crippen LogP contribution in [0.4, 0.5) is 0 Å². The van der Waals surface area contributed by atoms with Gasteiger partial charge in [0.25, 0.3) is 0 Å². The number of carbonyl (C=O) groups is 1. The first-order chi connectivity index (χ1) is 7.35. The number of amides is 1. The third kappa shape index (κ3) is 3.46. The fraction of sp³-hybridized carbons (Fsp3) is 0.917. The molecule has 1 fully saturated rings. The van der Waals surface area contributed by atoms with E-state index in [1.165, 1.54) is 0 Å². The Labute approximate surface area is 98.1 Å². The molecule has 2 N–H and O–H groups in total. The van der Waals surface area contributed by atoms with E-state index in [4.69, 9.17) is 10.5 Å². The van der Waals surface area contributed by atoms with Gasteiger partial charge < -0.3 is 15.4 Å². The third-order valence-corrected chi connectivity index (χ3v) is 3.07. The van der Waals surface area contributed by atoms with E-state index >= 15 is 0 Å². The SMILES string of the molecule is CC1CCN(C(=O)COC(C)(C)C)C1CN. The van der Waals surface area contributed by atoms with E-state index in [0.717, 1.165) is 13.0 Å². The normalized spacial score (nSPS) is 26.2. The number of rotatable bonds is 3. The van der Waals surface area contributed by atoms with Gasteiger partial charge in [-0.2, -0.15) is 0 Å². The Morgan fingerprint density at radius 3 is 2.62 bits per heavy atom. The van der Waals surface area contributed by atoms with Gasteiger partial charge in [0.15, 0.2) is 0 Å². The molecule has 4 heteroatoms. The van der Waals surface area contributed by atoms with E-state index in [0.29, 0.717) is 12.5 Å². The molecule has 1 saturated heterocycles. The maximum atomic E-state index is 12.0. The monoisotopic (exact) mass is 228 g/mol. The third-order valence-electron chi connectivity index (χ3n) is 3.07. The average molecular weight is 228 g/mol. The van der Waals surface area contributed by atoms with Crippen LogP contribution in [0.1, 0.15) is 34.1 Å². The highest BCUT2D eigenvalue weighted by molar-refractivity contribution is 5.78. The van der Waals surface area contributed by atoms with Gasteiger partial charge in [-0.25, -0.2) is 0 Å². The minimum Gasteiger partial charge on any atom is -0.366 e. The van der Waals surface area contributed by atoms with Crippen LogP contribution in [0, 0.1) is 5.92 Å². The number of nitrogens with zero attached hydrogens (tertiary/aromatic N) is 1. The van der Waals surface area contributed by atoms with Gasteiger partial charge >= 0.3 is 0 Å². The summed E-state index contributed by atoms with van der Waals surface area (Å²) in [5.74, 6) is 0.568. The first kappa shape index (κ1) is 13.5. The van der Waals surface area contributed by atoms with Crippen LogP contribution in [0.5, 0.6) is 0 Å². The fourth-order valence-corrected chi connectivity index (χ4v) is 2.04. The van der Waals surface area contributed by atoms with E-state index in [1.807, 2.05) is 25.7 Å². The lowest BCUT2D eigenvalue weighted by Crippen LogP contribution is -2.44. The van der Waals surface area contributed by atoms with Gasteiger partial charge in [0.2, 0.25) is 5.91 Å². The zero-order chi connectivity index (χ0) is 12.3. The minimum absolute atomic E-state index is 0.0646. The Balaban J connectivity index is 2.48. The molecule has 2 atom stereocenters. The van der Waals surface area contributed by atoms with Gasteiger partial charge in [-0.3, -0.25) is 4.79 Å². The van der Waals surface area contributed by atoms with Crippen molar-refractivity contribution in [3.05, 3.63) is 0 Å². The lowest BCUT2D eigenvalue weighted by atomic mass is 10.0. The quantitative estimate of drug-likeness (QED) is 0.784. The van der Waals surface area contributed by atoms with Crippen LogP contribution < -0.4 is 5.73 Å². The Morgan fingerprint density at radius 1 is 1.50 bits per heavy atom. The van der Waals surface area contributed by atoms with E-state index in [9.17, 15) is 4.79 Å². The second-order valence-electron chi connectivity index (χ2n) is 5.56. The Hall–Kier alpha value is -0.610. The van der Waals surface area contributed by atoms with Crippen molar-refractivity contribution in [1.29, 1.82) is 0 Å². The summed E-state index contributed by atoms with van der Waals surface area (Å²) in [5.41, 5.74) is 5.43. The Morgan fingerprint density at radius 2 is 2.12 bits per heavy atom. The molecule has 0 spiro atoms. The summed E-state index contributed by atoms with van der Waals surface area (Å²) in [5, 5.41) is 0. The Kier molecular flexibility index (Phi) is 4.33. The van der Waals surface area contributed by atoms with Crippen molar-refractivity contribution in [3.8, 4) is 0 Å². The van der Waals surface area contributed by atoms with Crippen molar-refractivity contribution < 1.29 is 9.53 Å². The largest absolute Gasteiger partial charge is 0.366 e. The predicted octanol–water partition coefficient (Wildman–Crippen LogP) is 0.997. The second-order valence-corrected chi connectivity index (χ2v) is 5.56. The smallest absolute Gasteiger partial charge is 0.248 e. The highest BCUT2D eigenvalue weighted by Crippen LogP contribution is 2.23. The van der Waals surface area contributed by atoms with E-state index in [1.54, 1.807) is 0 Å². The number of hydrogen-bond acceptors (Lipinski definition) is 3. The lowest BCUT2D eigenvalue weighted by Gasteiger charge is -2.27. The predicted molar refractivity (Wildman–Crippen MR) is 64.0 cm³/mol. The van der Waals surface area contributed by atoms with Gasteiger partial charge in [-0.1, -0.05) is 6.92 Å². The molecule has 0 radical (unpaired) electrons. The van der Waals surface area contributed by atoms with Crippen LogP contribution in [0.15, 0.2) is 0 Å². The van der Waals surface area contributed by atoms with E-state index in [2.05, 4.69) is 6.92 Å². The summed E-state index contributed by atoms with van der Waals surface area (Å²) in [6, 6.07) is 0.191. The molecule has 0 saturated carbocycles. The molecule has 0 aromatic heterocycles. The number of carbonyl (C=O) groups excluding carboxylic acids is 1. The molecule has 1 rings (SSSR count). The van der Waals surface area contributed by atoms with Gasteiger partial charge in [-0.15, -0.1) is 0 Å². The van der Waals surface area contributed by atoms with Crippen LogP contribution in [0.2, 0.25) is 0 Å². The molecule has 2 unspecified atom stereocenters. The average Bonchev–Trinajstić information content (AvgIpc) is 2.54. The minimum atomic E-state index is -0.265. The number of likely N-dealkylation sites (tertiary alicyclic amines) is 1. The topological polar surface area (TPSA) is 55.6 Å². The van der Waals surface area contributed by atoms with Crippen molar-refractivity contribution in [2.45, 2.75) is 45.8 Å². The fourth-order valence-electron chi connectivity index (χ4n) is 2.04. The summed E-state index contributed by atoms with van der Waals surface area (Å²) >= 11 is 0. The molecule has 16 heavy (non-hydrogen) atoms. The maximum Gasteiger partial charge on any atom is 0.248 e. The zero-order valence-electron chi connectivity index (χ0n) is 10.8. The summed E-state index contributed by atoms with van der Waals surface area (Å²) in [7, 11) is 0. The number of hydrogen-bond donors (Lipinski definition) is 1. The zero-order valence-corrected chi connectivity index (χ0v) is 10.8. The summed E-state index contributed by atoms with van der Waals surface area (Å²) in [4.78, 5) is 13.8. The first-order valence-corrected chi connectivity index (χ1v) is 5.98. The van der Waals surface area contributed by atoms with Crippen LogP contribution in [0.3, 0.4) is 0 Å². The highest BCUT2D eigenvalue weighted by Gasteiger charge is 2.33. The molecular formula is C12H24N2O2. The summed E-state index contributed by atoms with van der Waals surface area (Å²) in [6.45, 7) is 9.52. The molecule has 0 bridgehead atoms. The van der Waals surface area contributed by atoms with Gasteiger partial charge in [0, 0.05) is 19.1 Å². The molecule has 1 aliphatic rings. The molecular weight excluding hydrogens is 204 g/mol. The van der Waals surface area contributed by atoms with Crippen molar-refractivity contribution in [1.82, 2.24) is 4.90 Å². The number of ether oxygens (including phenoxy) is 1. The second kappa shape index (κ2) is 5.15. The van der Waals surface area contributed by atoms with Crippen LogP contribution in [-0.4, -0.2) is 42.1 Å². The standard InChI is InChI=1S/C12H24N2O2/c1-9-5-6-14(10(9)7-13)11(15)8-16-12(2,3)4/h9-10H,5-8,13H2,1-4H3. The summed E-state index contributed by atoms with van der Waals surface area (Å²) in [6.07, 6.45) is 1.04. The molecule has 1 amide bonds. The van der Waals surface area contributed by atoms with Crippen molar-refractivity contribution in [2.75, 3.05) is 19.7 Å². The molecule has 0 aromatic carbocycles. The van der Waals surface area contributed by atoms with Crippen LogP contribution in [0.25, 0.3) is 0 Å². The molecule has 1 heterocycles. The first-order valence-electron chi connectivity index (χ1n) is 5.98. The van der Waals surface area contributed by atoms with Gasteiger partial charge in [0.1, 0.15) is 6.61 Å². The lowest BCUT2D eigenvalue weighted by molar-refractivity contribution is -0.142. The van der Waals surface area contributed by atoms with Crippen LogP contribution in [-0.2, 0) is 9.53 Å². The van der Waals surface area contributed by atoms with Crippen LogP contribution >= 0.6 is 0 Å². The number of nitrogens with two attached hydrogens (primary N) is 1. The van der Waals surface area contributed by atoms with Crippen molar-refractivity contribution in [2.24, 2.45) is 11.7 Å². The summed E-state index contributed by atoms with van der Waals surface area (Å²) < 4.78 is 5.50. The van der Waals surface area contributed by atoms with Crippen molar-refractivity contribution in [3.63, 3.8) is 0 Å². The molecule has 0 aliphatic carbocycles. The van der Waals surface area contributed by atoms with Gasteiger partial charge in [-0.05, 0) is 33.1 Å². The molecule has 0 aromatic rings. The molecule has 4 nitrogen and oxygen atoms in total.